The minimum atomic E-state index is -0.0700. The molecular weight excluding hydrogens is 394 g/mol. The van der Waals surface area contributed by atoms with Gasteiger partial charge in [-0.15, -0.1) is 0 Å². The average molecular weight is 424 g/mol. The second kappa shape index (κ2) is 9.04. The molecule has 0 amide bonds. The molecule has 1 aliphatic rings. The molecule has 1 fully saturated rings. The number of fused-ring (bicyclic) bond motifs is 1. The maximum atomic E-state index is 12.9. The van der Waals surface area contributed by atoms with Crippen LogP contribution < -0.4 is 10.9 Å². The minimum absolute atomic E-state index is 0.0700. The average Bonchev–Trinajstić information content (AvgIpc) is 3.22. The van der Waals surface area contributed by atoms with E-state index in [1.54, 1.807) is 6.26 Å². The van der Waals surface area contributed by atoms with E-state index in [0.717, 1.165) is 35.1 Å². The normalized spacial score (nSPS) is 14.7. The molecule has 30 heavy (non-hydrogen) atoms. The number of nitrogens with one attached hydrogen (secondary N) is 2. The van der Waals surface area contributed by atoms with Crippen LogP contribution in [-0.2, 0) is 13.1 Å². The molecule has 1 saturated carbocycles. The van der Waals surface area contributed by atoms with Crippen molar-refractivity contribution in [2.24, 2.45) is 0 Å². The second-order valence-corrected chi connectivity index (χ2v) is 8.78. The number of thiocarbonyl (C=S) groups is 1. The van der Waals surface area contributed by atoms with Crippen molar-refractivity contribution in [1.29, 1.82) is 0 Å². The van der Waals surface area contributed by atoms with Gasteiger partial charge >= 0.3 is 0 Å². The van der Waals surface area contributed by atoms with Gasteiger partial charge in [0.1, 0.15) is 5.76 Å². The second-order valence-electron chi connectivity index (χ2n) is 8.39. The Kier molecular flexibility index (Phi) is 6.23. The first-order valence-electron chi connectivity index (χ1n) is 10.7. The zero-order chi connectivity index (χ0) is 21.1. The molecule has 0 saturated heterocycles. The number of benzene rings is 1. The largest absolute Gasteiger partial charge is 0.467 e. The Hall–Kier alpha value is -2.60. The van der Waals surface area contributed by atoms with Crippen LogP contribution in [0.25, 0.3) is 10.9 Å². The van der Waals surface area contributed by atoms with Crippen molar-refractivity contribution in [3.8, 4) is 0 Å². The summed E-state index contributed by atoms with van der Waals surface area (Å²) in [5.74, 6) is 0.826. The van der Waals surface area contributed by atoms with Crippen LogP contribution in [0.5, 0.6) is 0 Å². The Labute approximate surface area is 182 Å². The maximum absolute atomic E-state index is 12.9. The number of rotatable bonds is 5. The van der Waals surface area contributed by atoms with E-state index in [0.29, 0.717) is 29.8 Å². The van der Waals surface area contributed by atoms with Crippen LogP contribution in [0.1, 0.15) is 54.6 Å². The summed E-state index contributed by atoms with van der Waals surface area (Å²) in [6.45, 7) is 5.05. The fourth-order valence-corrected chi connectivity index (χ4v) is 4.65. The smallest absolute Gasteiger partial charge is 0.253 e. The predicted molar refractivity (Wildman–Crippen MR) is 125 cm³/mol. The number of hydrogen-bond donors (Lipinski definition) is 2. The molecule has 2 N–H and O–H groups in total. The fourth-order valence-electron chi connectivity index (χ4n) is 4.36. The van der Waals surface area contributed by atoms with Gasteiger partial charge in [-0.2, -0.15) is 0 Å². The molecule has 1 aliphatic carbocycles. The predicted octanol–water partition coefficient (Wildman–Crippen LogP) is 4.95. The molecule has 5 nitrogen and oxygen atoms in total. The summed E-state index contributed by atoms with van der Waals surface area (Å²) in [7, 11) is 0. The van der Waals surface area contributed by atoms with Gasteiger partial charge in [0.15, 0.2) is 5.11 Å². The Morgan fingerprint density at radius 1 is 1.20 bits per heavy atom. The summed E-state index contributed by atoms with van der Waals surface area (Å²) in [6, 6.07) is 10.4. The first-order valence-corrected chi connectivity index (χ1v) is 11.1. The van der Waals surface area contributed by atoms with Crippen molar-refractivity contribution in [2.45, 2.75) is 65.1 Å². The third kappa shape index (κ3) is 4.75. The molecular formula is C24H29N3O2S. The van der Waals surface area contributed by atoms with Gasteiger partial charge in [0.2, 0.25) is 0 Å². The number of aromatic nitrogens is 1. The highest BCUT2D eigenvalue weighted by atomic mass is 32.1. The van der Waals surface area contributed by atoms with Crippen LogP contribution in [0, 0.1) is 13.8 Å². The van der Waals surface area contributed by atoms with E-state index in [9.17, 15) is 4.79 Å². The highest BCUT2D eigenvalue weighted by Gasteiger charge is 2.20. The van der Waals surface area contributed by atoms with E-state index in [2.05, 4.69) is 29.4 Å². The lowest BCUT2D eigenvalue weighted by Gasteiger charge is -2.30. The molecule has 2 heterocycles. The van der Waals surface area contributed by atoms with Gasteiger partial charge < -0.3 is 19.6 Å². The fraction of sp³-hybridized carbons (Fsp3) is 0.417. The molecule has 3 aromatic rings. The Morgan fingerprint density at radius 3 is 2.73 bits per heavy atom. The Bertz CT molecular complexity index is 1080. The van der Waals surface area contributed by atoms with Crippen LogP contribution >= 0.6 is 12.2 Å². The van der Waals surface area contributed by atoms with Crippen molar-refractivity contribution in [2.75, 3.05) is 0 Å². The van der Waals surface area contributed by atoms with Gasteiger partial charge in [0.25, 0.3) is 5.56 Å². The molecule has 0 aliphatic heterocycles. The van der Waals surface area contributed by atoms with Crippen molar-refractivity contribution in [3.05, 3.63) is 69.4 Å². The number of aromatic amines is 1. The molecule has 0 radical (unpaired) electrons. The third-order valence-corrected chi connectivity index (χ3v) is 6.25. The quantitative estimate of drug-likeness (QED) is 0.569. The summed E-state index contributed by atoms with van der Waals surface area (Å²) in [5, 5.41) is 5.26. The number of aryl methyl sites for hydroxylation is 2. The summed E-state index contributed by atoms with van der Waals surface area (Å²) in [4.78, 5) is 18.0. The van der Waals surface area contributed by atoms with Crippen LogP contribution in [-0.4, -0.2) is 21.0 Å². The van der Waals surface area contributed by atoms with Gasteiger partial charge in [-0.1, -0.05) is 30.9 Å². The van der Waals surface area contributed by atoms with Gasteiger partial charge in [-0.05, 0) is 74.1 Å². The van der Waals surface area contributed by atoms with E-state index in [-0.39, 0.29) is 5.56 Å². The number of pyridine rings is 1. The molecule has 2 aromatic heterocycles. The molecule has 0 bridgehead atoms. The van der Waals surface area contributed by atoms with E-state index in [1.807, 2.05) is 30.0 Å². The topological polar surface area (TPSA) is 61.3 Å². The van der Waals surface area contributed by atoms with Crippen LogP contribution in [0.3, 0.4) is 0 Å². The number of hydrogen-bond acceptors (Lipinski definition) is 3. The standard InChI is InChI=1S/C24H29N3O2S/c1-16-11-17(2)22-18(12-16)13-19(23(28)26-22)14-27(15-21-9-6-10-29-21)24(30)25-20-7-4-3-5-8-20/h6,9-13,20H,3-5,7-8,14-15H2,1-2H3,(H,25,30)(H,26,28). The highest BCUT2D eigenvalue weighted by Crippen LogP contribution is 2.20. The van der Waals surface area contributed by atoms with Crippen molar-refractivity contribution in [3.63, 3.8) is 0 Å². The van der Waals surface area contributed by atoms with Crippen molar-refractivity contribution in [1.82, 2.24) is 15.2 Å². The zero-order valence-corrected chi connectivity index (χ0v) is 18.5. The molecule has 6 heteroatoms. The lowest BCUT2D eigenvalue weighted by Crippen LogP contribution is -2.45. The van der Waals surface area contributed by atoms with E-state index >= 15 is 0 Å². The highest BCUT2D eigenvalue weighted by molar-refractivity contribution is 7.80. The molecule has 0 atom stereocenters. The molecule has 4 rings (SSSR count). The minimum Gasteiger partial charge on any atom is -0.467 e. The number of furan rings is 1. The maximum Gasteiger partial charge on any atom is 0.253 e. The van der Waals surface area contributed by atoms with Crippen LogP contribution in [0.15, 0.2) is 45.8 Å². The molecule has 0 spiro atoms. The lowest BCUT2D eigenvalue weighted by atomic mass is 9.96. The van der Waals surface area contributed by atoms with Crippen LogP contribution in [0.2, 0.25) is 0 Å². The van der Waals surface area contributed by atoms with Crippen molar-refractivity contribution < 1.29 is 4.42 Å². The van der Waals surface area contributed by atoms with Gasteiger partial charge in [-0.3, -0.25) is 4.79 Å². The van der Waals surface area contributed by atoms with Gasteiger partial charge in [0, 0.05) is 11.6 Å². The zero-order valence-electron chi connectivity index (χ0n) is 17.7. The summed E-state index contributed by atoms with van der Waals surface area (Å²) in [6.07, 6.45) is 7.72. The van der Waals surface area contributed by atoms with Gasteiger partial charge in [0.05, 0.1) is 24.9 Å². The number of H-pyrrole nitrogens is 1. The van der Waals surface area contributed by atoms with Crippen LogP contribution in [0.4, 0.5) is 0 Å². The first kappa shape index (κ1) is 20.7. The molecule has 1 aromatic carbocycles. The number of nitrogens with zero attached hydrogens (tertiary/aromatic N) is 1. The summed E-state index contributed by atoms with van der Waals surface area (Å²) in [5.41, 5.74) is 3.79. The molecule has 0 unspecified atom stereocenters. The van der Waals surface area contributed by atoms with Crippen molar-refractivity contribution >= 4 is 28.2 Å². The SMILES string of the molecule is Cc1cc(C)c2[nH]c(=O)c(CN(Cc3ccco3)C(=S)NC3CCCCC3)cc2c1. The Balaban J connectivity index is 1.61. The summed E-state index contributed by atoms with van der Waals surface area (Å²) < 4.78 is 5.56. The van der Waals surface area contributed by atoms with E-state index < -0.39 is 0 Å². The lowest BCUT2D eigenvalue weighted by molar-refractivity contribution is 0.334. The molecule has 158 valence electrons. The monoisotopic (exact) mass is 423 g/mol. The third-order valence-electron chi connectivity index (χ3n) is 5.88. The van der Waals surface area contributed by atoms with E-state index in [1.165, 1.54) is 24.8 Å². The first-order chi connectivity index (χ1) is 14.5. The van der Waals surface area contributed by atoms with Gasteiger partial charge in [-0.25, -0.2) is 0 Å². The van der Waals surface area contributed by atoms with E-state index in [4.69, 9.17) is 16.6 Å². The Morgan fingerprint density at radius 2 is 2.00 bits per heavy atom. The summed E-state index contributed by atoms with van der Waals surface area (Å²) >= 11 is 5.77.